The van der Waals surface area contributed by atoms with Crippen molar-refractivity contribution in [1.29, 1.82) is 0 Å². The third-order valence-electron chi connectivity index (χ3n) is 5.05. The largest absolute Gasteiger partial charge is 0.490 e. The zero-order valence-corrected chi connectivity index (χ0v) is 18.4. The van der Waals surface area contributed by atoms with Crippen LogP contribution in [0.4, 0.5) is 5.69 Å². The number of hydrogen-bond donors (Lipinski definition) is 2. The van der Waals surface area contributed by atoms with Crippen molar-refractivity contribution in [3.05, 3.63) is 83.9 Å². The van der Waals surface area contributed by atoms with Gasteiger partial charge in [0.2, 0.25) is 0 Å². The number of amides is 1. The summed E-state index contributed by atoms with van der Waals surface area (Å²) >= 11 is 0. The normalized spacial score (nSPS) is 14.2. The molecule has 3 aromatic rings. The molecule has 4 rings (SSSR count). The Balaban J connectivity index is 1.49. The molecule has 32 heavy (non-hydrogen) atoms. The molecule has 166 valence electrons. The van der Waals surface area contributed by atoms with Crippen LogP contribution in [0.2, 0.25) is 0 Å². The van der Waals surface area contributed by atoms with E-state index in [0.717, 1.165) is 12.0 Å². The van der Waals surface area contributed by atoms with Gasteiger partial charge in [-0.1, -0.05) is 36.4 Å². The number of hydrogen-bond acceptors (Lipinski definition) is 5. The molecule has 7 nitrogen and oxygen atoms in total. The van der Waals surface area contributed by atoms with Crippen molar-refractivity contribution in [3.63, 3.8) is 0 Å². The van der Waals surface area contributed by atoms with E-state index in [1.165, 1.54) is 18.2 Å². The predicted octanol–water partition coefficient (Wildman–Crippen LogP) is 4.14. The Kier molecular flexibility index (Phi) is 6.32. The molecule has 1 heterocycles. The van der Waals surface area contributed by atoms with Crippen LogP contribution in [0.5, 0.6) is 11.5 Å². The van der Waals surface area contributed by atoms with Crippen molar-refractivity contribution in [1.82, 2.24) is 5.32 Å². The summed E-state index contributed by atoms with van der Waals surface area (Å²) in [5.41, 5.74) is 1.62. The van der Waals surface area contributed by atoms with Gasteiger partial charge in [0.25, 0.3) is 15.9 Å². The van der Waals surface area contributed by atoms with Crippen LogP contribution in [0.1, 0.15) is 35.3 Å². The molecular formula is C24H24N2O5S. The van der Waals surface area contributed by atoms with Gasteiger partial charge in [-0.3, -0.25) is 9.52 Å². The minimum atomic E-state index is -3.88. The third kappa shape index (κ3) is 5.03. The van der Waals surface area contributed by atoms with E-state index in [1.54, 1.807) is 24.3 Å². The van der Waals surface area contributed by atoms with Crippen LogP contribution in [0.25, 0.3) is 0 Å². The van der Waals surface area contributed by atoms with Gasteiger partial charge in [0.05, 0.1) is 24.2 Å². The number of anilines is 1. The molecule has 1 aliphatic rings. The van der Waals surface area contributed by atoms with Crippen LogP contribution in [-0.2, 0) is 10.0 Å². The molecule has 1 amide bonds. The molecule has 8 heteroatoms. The molecule has 0 spiro atoms. The van der Waals surface area contributed by atoms with E-state index in [2.05, 4.69) is 10.0 Å². The van der Waals surface area contributed by atoms with Gasteiger partial charge in [-0.05, 0) is 42.8 Å². The minimum Gasteiger partial charge on any atom is -0.490 e. The standard InChI is InChI=1S/C24H24N2O5S/c1-17(18-7-3-2-4-8-18)25-24(27)19-9-5-10-20(15-19)26-32(28,29)21-11-12-22-23(16-21)31-14-6-13-30-22/h2-5,7-12,15-17,26H,6,13-14H2,1H3,(H,25,27)/t17-/m0/s1. The summed E-state index contributed by atoms with van der Waals surface area (Å²) in [5.74, 6) is 0.624. The summed E-state index contributed by atoms with van der Waals surface area (Å²) in [6.07, 6.45) is 0.729. The molecule has 0 unspecified atom stereocenters. The second kappa shape index (κ2) is 9.32. The zero-order valence-electron chi connectivity index (χ0n) is 17.6. The number of sulfonamides is 1. The molecular weight excluding hydrogens is 428 g/mol. The topological polar surface area (TPSA) is 93.7 Å². The highest BCUT2D eigenvalue weighted by atomic mass is 32.2. The fourth-order valence-electron chi connectivity index (χ4n) is 3.35. The van der Waals surface area contributed by atoms with Crippen molar-refractivity contribution in [2.45, 2.75) is 24.3 Å². The molecule has 0 radical (unpaired) electrons. The molecule has 1 atom stereocenters. The monoisotopic (exact) mass is 452 g/mol. The molecule has 3 aromatic carbocycles. The lowest BCUT2D eigenvalue weighted by Gasteiger charge is -2.15. The Bertz CT molecular complexity index is 1210. The van der Waals surface area contributed by atoms with Crippen molar-refractivity contribution < 1.29 is 22.7 Å². The second-order valence-electron chi connectivity index (χ2n) is 7.45. The van der Waals surface area contributed by atoms with E-state index >= 15 is 0 Å². The van der Waals surface area contributed by atoms with E-state index in [1.807, 2.05) is 37.3 Å². The third-order valence-corrected chi connectivity index (χ3v) is 6.43. The Morgan fingerprint density at radius 1 is 0.906 bits per heavy atom. The molecule has 1 aliphatic heterocycles. The van der Waals surface area contributed by atoms with Gasteiger partial charge in [-0.2, -0.15) is 0 Å². The first kappa shape index (κ1) is 21.7. The summed E-state index contributed by atoms with van der Waals surface area (Å²) in [6, 6.07) is 20.3. The Morgan fingerprint density at radius 3 is 2.44 bits per heavy atom. The maximum atomic E-state index is 12.9. The van der Waals surface area contributed by atoms with Crippen LogP contribution < -0.4 is 19.5 Å². The molecule has 0 saturated carbocycles. The van der Waals surface area contributed by atoms with Gasteiger partial charge in [0, 0.05) is 23.7 Å². The summed E-state index contributed by atoms with van der Waals surface area (Å²) < 4.78 is 39.5. The van der Waals surface area contributed by atoms with Crippen LogP contribution in [0.3, 0.4) is 0 Å². The maximum absolute atomic E-state index is 12.9. The lowest BCUT2D eigenvalue weighted by atomic mass is 10.1. The van der Waals surface area contributed by atoms with Gasteiger partial charge in [0.1, 0.15) is 0 Å². The highest BCUT2D eigenvalue weighted by molar-refractivity contribution is 7.92. The quantitative estimate of drug-likeness (QED) is 0.586. The van der Waals surface area contributed by atoms with E-state index in [0.29, 0.717) is 30.3 Å². The second-order valence-corrected chi connectivity index (χ2v) is 9.13. The molecule has 0 aliphatic carbocycles. The average molecular weight is 453 g/mol. The first-order chi connectivity index (χ1) is 15.4. The van der Waals surface area contributed by atoms with Gasteiger partial charge in [-0.15, -0.1) is 0 Å². The molecule has 0 saturated heterocycles. The van der Waals surface area contributed by atoms with Crippen LogP contribution in [0, 0.1) is 0 Å². The van der Waals surface area contributed by atoms with Crippen molar-refractivity contribution >= 4 is 21.6 Å². The summed E-state index contributed by atoms with van der Waals surface area (Å²) in [5, 5.41) is 2.93. The lowest BCUT2D eigenvalue weighted by Crippen LogP contribution is -2.26. The highest BCUT2D eigenvalue weighted by Gasteiger charge is 2.20. The fourth-order valence-corrected chi connectivity index (χ4v) is 4.42. The SMILES string of the molecule is C[C@H](NC(=O)c1cccc(NS(=O)(=O)c2ccc3c(c2)OCCCO3)c1)c1ccccc1. The Hall–Kier alpha value is -3.52. The van der Waals surface area contributed by atoms with E-state index < -0.39 is 10.0 Å². The van der Waals surface area contributed by atoms with Crippen LogP contribution >= 0.6 is 0 Å². The maximum Gasteiger partial charge on any atom is 0.262 e. The van der Waals surface area contributed by atoms with Crippen LogP contribution in [-0.4, -0.2) is 27.5 Å². The summed E-state index contributed by atoms with van der Waals surface area (Å²) in [4.78, 5) is 12.7. The molecule has 0 bridgehead atoms. The highest BCUT2D eigenvalue weighted by Crippen LogP contribution is 2.32. The first-order valence-electron chi connectivity index (χ1n) is 10.3. The van der Waals surface area contributed by atoms with Gasteiger partial charge >= 0.3 is 0 Å². The Morgan fingerprint density at radius 2 is 1.66 bits per heavy atom. The number of fused-ring (bicyclic) bond motifs is 1. The molecule has 0 fully saturated rings. The van der Waals surface area contributed by atoms with Crippen molar-refractivity contribution in [2.24, 2.45) is 0 Å². The van der Waals surface area contributed by atoms with Crippen molar-refractivity contribution in [3.8, 4) is 11.5 Å². The van der Waals surface area contributed by atoms with Gasteiger partial charge in [0.15, 0.2) is 11.5 Å². The van der Waals surface area contributed by atoms with Gasteiger partial charge in [-0.25, -0.2) is 8.42 Å². The lowest BCUT2D eigenvalue weighted by molar-refractivity contribution is 0.0940. The summed E-state index contributed by atoms with van der Waals surface area (Å²) in [7, 11) is -3.88. The zero-order chi connectivity index (χ0) is 22.6. The smallest absolute Gasteiger partial charge is 0.262 e. The minimum absolute atomic E-state index is 0.0503. The average Bonchev–Trinajstić information content (AvgIpc) is 3.04. The number of nitrogens with one attached hydrogen (secondary N) is 2. The van der Waals surface area contributed by atoms with E-state index in [4.69, 9.17) is 9.47 Å². The number of carbonyl (C=O) groups is 1. The van der Waals surface area contributed by atoms with E-state index in [9.17, 15) is 13.2 Å². The fraction of sp³-hybridized carbons (Fsp3) is 0.208. The predicted molar refractivity (Wildman–Crippen MR) is 122 cm³/mol. The number of ether oxygens (including phenoxy) is 2. The number of rotatable bonds is 6. The Labute approximate surface area is 187 Å². The van der Waals surface area contributed by atoms with Gasteiger partial charge < -0.3 is 14.8 Å². The number of benzene rings is 3. The first-order valence-corrected chi connectivity index (χ1v) is 11.8. The molecule has 2 N–H and O–H groups in total. The van der Waals surface area contributed by atoms with E-state index in [-0.39, 0.29) is 22.5 Å². The molecule has 0 aromatic heterocycles. The van der Waals surface area contributed by atoms with Crippen LogP contribution in [0.15, 0.2) is 77.7 Å². The summed E-state index contributed by atoms with van der Waals surface area (Å²) in [6.45, 7) is 2.88. The number of carbonyl (C=O) groups excluding carboxylic acids is 1. The van der Waals surface area contributed by atoms with Crippen molar-refractivity contribution in [2.75, 3.05) is 17.9 Å².